The van der Waals surface area contributed by atoms with E-state index in [0.29, 0.717) is 35.6 Å². The van der Waals surface area contributed by atoms with Crippen LogP contribution in [0.4, 0.5) is 22.7 Å². The number of nitrogens with one attached hydrogen (secondary N) is 1. The Bertz CT molecular complexity index is 1160. The molecule has 0 aliphatic carbocycles. The minimum Gasteiger partial charge on any atom is -0.322 e. The van der Waals surface area contributed by atoms with Crippen molar-refractivity contribution in [2.24, 2.45) is 10.2 Å². The zero-order valence-electron chi connectivity index (χ0n) is 16.1. The van der Waals surface area contributed by atoms with Crippen molar-refractivity contribution in [1.29, 1.82) is 0 Å². The number of nitrogens with zero attached hydrogens (tertiary/aromatic N) is 3. The van der Waals surface area contributed by atoms with Gasteiger partial charge in [-0.25, -0.2) is 8.42 Å². The van der Waals surface area contributed by atoms with E-state index in [-0.39, 0.29) is 11.7 Å². The Morgan fingerprint density at radius 2 is 1.47 bits per heavy atom. The van der Waals surface area contributed by atoms with Crippen LogP contribution in [0.15, 0.2) is 89.1 Å². The second kappa shape index (κ2) is 8.46. The molecule has 0 saturated carbocycles. The Kier molecular flexibility index (Phi) is 5.58. The van der Waals surface area contributed by atoms with Crippen molar-refractivity contribution in [3.8, 4) is 0 Å². The Morgan fingerprint density at radius 3 is 2.07 bits per heavy atom. The summed E-state index contributed by atoms with van der Waals surface area (Å²) in [5.41, 5.74) is 3.10. The van der Waals surface area contributed by atoms with Crippen LogP contribution in [-0.4, -0.2) is 26.6 Å². The molecule has 0 unspecified atom stereocenters. The van der Waals surface area contributed by atoms with Gasteiger partial charge in [0.1, 0.15) is 0 Å². The minimum absolute atomic E-state index is 0.163. The number of hydrogen-bond acceptors (Lipinski definition) is 5. The van der Waals surface area contributed by atoms with E-state index in [2.05, 4.69) is 15.5 Å². The predicted octanol–water partition coefficient (Wildman–Crippen LogP) is 4.89. The summed E-state index contributed by atoms with van der Waals surface area (Å²) in [6, 6.07) is 23.0. The van der Waals surface area contributed by atoms with Gasteiger partial charge in [0, 0.05) is 17.8 Å². The molecule has 0 spiro atoms. The van der Waals surface area contributed by atoms with Gasteiger partial charge in [-0.2, -0.15) is 10.2 Å². The highest BCUT2D eigenvalue weighted by molar-refractivity contribution is 7.93. The van der Waals surface area contributed by atoms with Crippen LogP contribution in [-0.2, 0) is 10.0 Å². The van der Waals surface area contributed by atoms with Gasteiger partial charge in [0.15, 0.2) is 0 Å². The third-order valence-electron chi connectivity index (χ3n) is 4.68. The largest absolute Gasteiger partial charge is 0.322 e. The number of carbonyl (C=O) groups excluding carboxylic acids is 1. The van der Waals surface area contributed by atoms with Crippen molar-refractivity contribution < 1.29 is 13.2 Å². The monoisotopic (exact) mass is 420 g/mol. The van der Waals surface area contributed by atoms with E-state index >= 15 is 0 Å². The number of azo groups is 1. The third-order valence-corrected chi connectivity index (χ3v) is 6.55. The second-order valence-electron chi connectivity index (χ2n) is 6.83. The number of carbonyl (C=O) groups is 1. The number of rotatable bonds is 5. The Balaban J connectivity index is 1.39. The summed E-state index contributed by atoms with van der Waals surface area (Å²) in [6.45, 7) is 0.474. The smallest absolute Gasteiger partial charge is 0.255 e. The van der Waals surface area contributed by atoms with Gasteiger partial charge in [0.2, 0.25) is 10.0 Å². The molecule has 1 amide bonds. The molecule has 4 rings (SSSR count). The first-order chi connectivity index (χ1) is 14.5. The third kappa shape index (κ3) is 4.55. The second-order valence-corrected chi connectivity index (χ2v) is 8.84. The summed E-state index contributed by atoms with van der Waals surface area (Å²) >= 11 is 0. The van der Waals surface area contributed by atoms with Gasteiger partial charge in [-0.3, -0.25) is 9.10 Å². The molecular weight excluding hydrogens is 400 g/mol. The summed E-state index contributed by atoms with van der Waals surface area (Å²) in [4.78, 5) is 12.5. The highest BCUT2D eigenvalue weighted by atomic mass is 32.2. The van der Waals surface area contributed by atoms with Gasteiger partial charge in [0.05, 0.1) is 22.8 Å². The highest BCUT2D eigenvalue weighted by Crippen LogP contribution is 2.25. The molecule has 1 fully saturated rings. The van der Waals surface area contributed by atoms with E-state index in [1.165, 1.54) is 4.31 Å². The fourth-order valence-corrected chi connectivity index (χ4v) is 4.70. The molecule has 0 radical (unpaired) electrons. The molecule has 1 heterocycles. The molecule has 3 aromatic carbocycles. The van der Waals surface area contributed by atoms with E-state index in [9.17, 15) is 13.2 Å². The molecule has 1 N–H and O–H groups in total. The minimum atomic E-state index is -3.23. The molecule has 152 valence electrons. The fraction of sp³-hybridized carbons (Fsp3) is 0.136. The topological polar surface area (TPSA) is 91.2 Å². The summed E-state index contributed by atoms with van der Waals surface area (Å²) in [5, 5.41) is 11.2. The van der Waals surface area contributed by atoms with Gasteiger partial charge in [0.25, 0.3) is 5.91 Å². The number of hydrogen-bond donors (Lipinski definition) is 1. The van der Waals surface area contributed by atoms with E-state index in [1.54, 1.807) is 48.5 Å². The summed E-state index contributed by atoms with van der Waals surface area (Å²) in [5.74, 6) is -0.111. The quantitative estimate of drug-likeness (QED) is 0.596. The Labute approximate surface area is 175 Å². The SMILES string of the molecule is O=C(Nc1ccc(N=Nc2ccccc2)cc1)c1ccc(N2CCCS2(=O)=O)cc1. The lowest BCUT2D eigenvalue weighted by atomic mass is 10.2. The molecule has 8 heteroatoms. The lowest BCUT2D eigenvalue weighted by molar-refractivity contribution is 0.102. The van der Waals surface area contributed by atoms with Crippen molar-refractivity contribution in [2.75, 3.05) is 21.9 Å². The molecule has 30 heavy (non-hydrogen) atoms. The predicted molar refractivity (Wildman–Crippen MR) is 117 cm³/mol. The van der Waals surface area contributed by atoms with Crippen LogP contribution in [0.2, 0.25) is 0 Å². The van der Waals surface area contributed by atoms with Gasteiger partial charge in [-0.1, -0.05) is 18.2 Å². The van der Waals surface area contributed by atoms with E-state index in [4.69, 9.17) is 0 Å². The molecule has 0 atom stereocenters. The standard InChI is InChI=1S/C22H20N4O3S/c27-22(17-7-13-21(14-8-17)26-15-4-16-30(26,28)29)23-18-9-11-20(12-10-18)25-24-19-5-2-1-3-6-19/h1-3,5-14H,4,15-16H2,(H,23,27). The van der Waals surface area contributed by atoms with Crippen LogP contribution >= 0.6 is 0 Å². The summed E-state index contributed by atoms with van der Waals surface area (Å²) in [6.07, 6.45) is 0.617. The Morgan fingerprint density at radius 1 is 0.833 bits per heavy atom. The first-order valence-electron chi connectivity index (χ1n) is 9.50. The lowest BCUT2D eigenvalue weighted by Crippen LogP contribution is -2.25. The molecule has 1 aliphatic heterocycles. The molecule has 0 bridgehead atoms. The number of amides is 1. The molecule has 0 aromatic heterocycles. The zero-order valence-corrected chi connectivity index (χ0v) is 16.9. The van der Waals surface area contributed by atoms with Crippen molar-refractivity contribution in [2.45, 2.75) is 6.42 Å². The van der Waals surface area contributed by atoms with Crippen molar-refractivity contribution in [3.05, 3.63) is 84.4 Å². The first kappa shape index (κ1) is 19.8. The van der Waals surface area contributed by atoms with Gasteiger partial charge in [-0.15, -0.1) is 0 Å². The maximum atomic E-state index is 12.5. The molecule has 1 saturated heterocycles. The van der Waals surface area contributed by atoms with E-state index < -0.39 is 10.0 Å². The van der Waals surface area contributed by atoms with Gasteiger partial charge >= 0.3 is 0 Å². The first-order valence-corrected chi connectivity index (χ1v) is 11.1. The van der Waals surface area contributed by atoms with E-state index in [1.807, 2.05) is 30.3 Å². The average Bonchev–Trinajstić information content (AvgIpc) is 3.13. The van der Waals surface area contributed by atoms with Crippen LogP contribution < -0.4 is 9.62 Å². The van der Waals surface area contributed by atoms with Crippen molar-refractivity contribution in [3.63, 3.8) is 0 Å². The van der Waals surface area contributed by atoms with Crippen LogP contribution in [0, 0.1) is 0 Å². The normalized spacial score (nSPS) is 15.4. The molecule has 1 aliphatic rings. The maximum absolute atomic E-state index is 12.5. The summed E-state index contributed by atoms with van der Waals surface area (Å²) in [7, 11) is -3.23. The molecule has 7 nitrogen and oxygen atoms in total. The molecular formula is C22H20N4O3S. The highest BCUT2D eigenvalue weighted by Gasteiger charge is 2.28. The summed E-state index contributed by atoms with van der Waals surface area (Å²) < 4.78 is 25.4. The van der Waals surface area contributed by atoms with Crippen LogP contribution in [0.1, 0.15) is 16.8 Å². The number of sulfonamides is 1. The maximum Gasteiger partial charge on any atom is 0.255 e. The van der Waals surface area contributed by atoms with Crippen LogP contribution in [0.25, 0.3) is 0 Å². The van der Waals surface area contributed by atoms with Gasteiger partial charge in [-0.05, 0) is 67.1 Å². The van der Waals surface area contributed by atoms with Crippen molar-refractivity contribution >= 4 is 38.7 Å². The van der Waals surface area contributed by atoms with Gasteiger partial charge < -0.3 is 5.32 Å². The van der Waals surface area contributed by atoms with Crippen LogP contribution in [0.5, 0.6) is 0 Å². The number of anilines is 2. The number of benzene rings is 3. The van der Waals surface area contributed by atoms with Crippen LogP contribution in [0.3, 0.4) is 0 Å². The van der Waals surface area contributed by atoms with Crippen molar-refractivity contribution in [1.82, 2.24) is 0 Å². The average molecular weight is 420 g/mol. The molecule has 3 aromatic rings. The lowest BCUT2D eigenvalue weighted by Gasteiger charge is -2.17. The van der Waals surface area contributed by atoms with E-state index in [0.717, 1.165) is 5.69 Å². The fourth-order valence-electron chi connectivity index (χ4n) is 3.13. The Hall–Kier alpha value is -3.52. The zero-order chi connectivity index (χ0) is 21.0.